The molecule has 0 saturated carbocycles. The molecule has 0 rings (SSSR count). The Morgan fingerprint density at radius 3 is 2.25 bits per heavy atom. The minimum atomic E-state index is 0.0537. The van der Waals surface area contributed by atoms with E-state index in [0.717, 1.165) is 0 Å². The van der Waals surface area contributed by atoms with Crippen molar-refractivity contribution in [3.05, 3.63) is 0 Å². The molecule has 3 nitrogen and oxygen atoms in total. The topological polar surface area (TPSA) is 35.5 Å². The number of aliphatic hydroxyl groups is 1. The van der Waals surface area contributed by atoms with Gasteiger partial charge in [0, 0.05) is 13.1 Å². The summed E-state index contributed by atoms with van der Waals surface area (Å²) in [6.07, 6.45) is 0. The van der Waals surface area contributed by atoms with Crippen molar-refractivity contribution >= 4 is 0 Å². The summed E-state index contributed by atoms with van der Waals surface area (Å²) in [4.78, 5) is 0. The van der Waals surface area contributed by atoms with Crippen LogP contribution < -0.4 is 5.43 Å². The summed E-state index contributed by atoms with van der Waals surface area (Å²) in [5.74, 6) is 0. The molecule has 8 heavy (non-hydrogen) atoms. The van der Waals surface area contributed by atoms with Gasteiger partial charge in [-0.05, 0) is 13.8 Å². The number of nitrogens with zero attached hydrogens (tertiary/aromatic N) is 1. The zero-order valence-corrected chi connectivity index (χ0v) is 5.68. The van der Waals surface area contributed by atoms with E-state index in [0.29, 0.717) is 6.04 Å². The number of rotatable bonds is 3. The molecule has 0 atom stereocenters. The Morgan fingerprint density at radius 1 is 1.62 bits per heavy atom. The maximum absolute atomic E-state index is 8.45. The SMILES string of the molecule is CC(C)NN(C)CO. The number of hydrogen-bond donors (Lipinski definition) is 2. The van der Waals surface area contributed by atoms with Crippen molar-refractivity contribution in [1.29, 1.82) is 0 Å². The highest BCUT2D eigenvalue weighted by atomic mass is 16.3. The first-order chi connectivity index (χ1) is 3.66. The van der Waals surface area contributed by atoms with Gasteiger partial charge in [0.25, 0.3) is 0 Å². The van der Waals surface area contributed by atoms with Gasteiger partial charge in [-0.15, -0.1) is 0 Å². The van der Waals surface area contributed by atoms with Gasteiger partial charge in [0.1, 0.15) is 6.73 Å². The van der Waals surface area contributed by atoms with E-state index < -0.39 is 0 Å². The van der Waals surface area contributed by atoms with E-state index >= 15 is 0 Å². The first-order valence-corrected chi connectivity index (χ1v) is 2.75. The second kappa shape index (κ2) is 3.83. The lowest BCUT2D eigenvalue weighted by Crippen LogP contribution is -2.39. The van der Waals surface area contributed by atoms with Crippen LogP contribution in [0.5, 0.6) is 0 Å². The van der Waals surface area contributed by atoms with E-state index in [1.807, 2.05) is 13.8 Å². The molecule has 0 amide bonds. The molecule has 0 saturated heterocycles. The lowest BCUT2D eigenvalue weighted by molar-refractivity contribution is 0.0762. The van der Waals surface area contributed by atoms with Crippen molar-refractivity contribution in [3.63, 3.8) is 0 Å². The number of aliphatic hydroxyl groups excluding tert-OH is 1. The van der Waals surface area contributed by atoms with Crippen LogP contribution in [0.1, 0.15) is 13.8 Å². The third kappa shape index (κ3) is 4.05. The Morgan fingerprint density at radius 2 is 2.12 bits per heavy atom. The molecule has 0 aromatic carbocycles. The third-order valence-electron chi connectivity index (χ3n) is 0.691. The lowest BCUT2D eigenvalue weighted by atomic mass is 10.4. The van der Waals surface area contributed by atoms with Crippen LogP contribution in [0.25, 0.3) is 0 Å². The number of nitrogens with one attached hydrogen (secondary N) is 1. The Hall–Kier alpha value is -0.120. The summed E-state index contributed by atoms with van der Waals surface area (Å²) in [5.41, 5.74) is 2.98. The molecule has 0 aliphatic rings. The fourth-order valence-electron chi connectivity index (χ4n) is 0.482. The molecule has 0 aromatic heterocycles. The van der Waals surface area contributed by atoms with Gasteiger partial charge in [0.15, 0.2) is 0 Å². The van der Waals surface area contributed by atoms with Crippen molar-refractivity contribution in [2.75, 3.05) is 13.8 Å². The van der Waals surface area contributed by atoms with Gasteiger partial charge in [-0.3, -0.25) is 5.43 Å². The summed E-state index contributed by atoms with van der Waals surface area (Å²) in [6.45, 7) is 4.09. The zero-order chi connectivity index (χ0) is 6.57. The summed E-state index contributed by atoms with van der Waals surface area (Å²) in [5, 5.41) is 10.1. The molecule has 0 spiro atoms. The van der Waals surface area contributed by atoms with Crippen LogP contribution in [0.4, 0.5) is 0 Å². The Kier molecular flexibility index (Phi) is 3.77. The van der Waals surface area contributed by atoms with Gasteiger partial charge >= 0.3 is 0 Å². The highest BCUT2D eigenvalue weighted by Gasteiger charge is 1.94. The molecule has 2 N–H and O–H groups in total. The average molecular weight is 118 g/mol. The Balaban J connectivity index is 3.10. The predicted molar refractivity (Wildman–Crippen MR) is 33.1 cm³/mol. The van der Waals surface area contributed by atoms with E-state index in [1.165, 1.54) is 0 Å². The van der Waals surface area contributed by atoms with Gasteiger partial charge < -0.3 is 5.11 Å². The molecular formula is C5H14N2O. The second-order valence-electron chi connectivity index (χ2n) is 2.12. The number of hydrogen-bond acceptors (Lipinski definition) is 3. The first-order valence-electron chi connectivity index (χ1n) is 2.75. The Bertz CT molecular complexity index is 56.4. The first kappa shape index (κ1) is 7.88. The quantitative estimate of drug-likeness (QED) is 0.397. The normalized spacial score (nSPS) is 11.2. The minimum Gasteiger partial charge on any atom is -0.380 e. The van der Waals surface area contributed by atoms with Crippen molar-refractivity contribution in [3.8, 4) is 0 Å². The minimum absolute atomic E-state index is 0.0537. The van der Waals surface area contributed by atoms with E-state index in [-0.39, 0.29) is 6.73 Å². The van der Waals surface area contributed by atoms with Gasteiger partial charge in [-0.1, -0.05) is 0 Å². The summed E-state index contributed by atoms with van der Waals surface area (Å²) >= 11 is 0. The summed E-state index contributed by atoms with van der Waals surface area (Å²) in [7, 11) is 1.79. The lowest BCUT2D eigenvalue weighted by Gasteiger charge is -2.17. The third-order valence-corrected chi connectivity index (χ3v) is 0.691. The maximum atomic E-state index is 8.45. The van der Waals surface area contributed by atoms with Crippen molar-refractivity contribution in [2.24, 2.45) is 0 Å². The van der Waals surface area contributed by atoms with Crippen LogP contribution in [-0.2, 0) is 0 Å². The van der Waals surface area contributed by atoms with Crippen molar-refractivity contribution in [1.82, 2.24) is 10.4 Å². The van der Waals surface area contributed by atoms with E-state index in [2.05, 4.69) is 5.43 Å². The maximum Gasteiger partial charge on any atom is 0.108 e. The van der Waals surface area contributed by atoms with Crippen LogP contribution in [-0.4, -0.2) is 29.9 Å². The number of hydrazine groups is 1. The highest BCUT2D eigenvalue weighted by molar-refractivity contribution is 4.44. The van der Waals surface area contributed by atoms with Gasteiger partial charge in [-0.2, -0.15) is 0 Å². The molecule has 0 bridgehead atoms. The highest BCUT2D eigenvalue weighted by Crippen LogP contribution is 1.77. The van der Waals surface area contributed by atoms with Crippen LogP contribution in [0.2, 0.25) is 0 Å². The molecule has 0 fully saturated rings. The smallest absolute Gasteiger partial charge is 0.108 e. The van der Waals surface area contributed by atoms with Gasteiger partial charge in [-0.25, -0.2) is 5.01 Å². The zero-order valence-electron chi connectivity index (χ0n) is 5.68. The van der Waals surface area contributed by atoms with Gasteiger partial charge in [0.05, 0.1) is 0 Å². The monoisotopic (exact) mass is 118 g/mol. The average Bonchev–Trinajstić information content (AvgIpc) is 1.65. The fourth-order valence-corrected chi connectivity index (χ4v) is 0.482. The molecule has 0 aliphatic carbocycles. The van der Waals surface area contributed by atoms with E-state index in [9.17, 15) is 0 Å². The molecule has 0 aromatic rings. The molecule has 0 unspecified atom stereocenters. The van der Waals surface area contributed by atoms with E-state index in [4.69, 9.17) is 5.11 Å². The largest absolute Gasteiger partial charge is 0.380 e. The molecule has 0 heterocycles. The molecule has 0 radical (unpaired) electrons. The fraction of sp³-hybridized carbons (Fsp3) is 1.00. The van der Waals surface area contributed by atoms with Crippen molar-refractivity contribution in [2.45, 2.75) is 19.9 Å². The van der Waals surface area contributed by atoms with Crippen LogP contribution in [0, 0.1) is 0 Å². The summed E-state index contributed by atoms with van der Waals surface area (Å²) < 4.78 is 0. The van der Waals surface area contributed by atoms with Crippen molar-refractivity contribution < 1.29 is 5.11 Å². The summed E-state index contributed by atoms with van der Waals surface area (Å²) in [6, 6.07) is 0.396. The standard InChI is InChI=1S/C5H14N2O/c1-5(2)6-7(3)4-8/h5-6,8H,4H2,1-3H3. The second-order valence-corrected chi connectivity index (χ2v) is 2.12. The van der Waals surface area contributed by atoms with Crippen LogP contribution in [0.15, 0.2) is 0 Å². The Labute approximate surface area is 50.3 Å². The predicted octanol–water partition coefficient (Wildman–Crippen LogP) is -0.219. The van der Waals surface area contributed by atoms with E-state index in [1.54, 1.807) is 12.1 Å². The van der Waals surface area contributed by atoms with Gasteiger partial charge in [0.2, 0.25) is 0 Å². The molecule has 0 aliphatic heterocycles. The van der Waals surface area contributed by atoms with Crippen LogP contribution in [0.3, 0.4) is 0 Å². The molecule has 3 heteroatoms. The molecule has 50 valence electrons. The molecular weight excluding hydrogens is 104 g/mol. The van der Waals surface area contributed by atoms with Crippen LogP contribution >= 0.6 is 0 Å².